The predicted octanol–water partition coefficient (Wildman–Crippen LogP) is 5.76. The molecule has 4 heterocycles. The molecule has 0 saturated heterocycles. The van der Waals surface area contributed by atoms with Gasteiger partial charge in [0.1, 0.15) is 17.3 Å². The third-order valence-corrected chi connectivity index (χ3v) is 6.84. The fourth-order valence-corrected chi connectivity index (χ4v) is 4.99. The van der Waals surface area contributed by atoms with Crippen molar-refractivity contribution < 1.29 is 14.3 Å². The molecule has 0 bridgehead atoms. The summed E-state index contributed by atoms with van der Waals surface area (Å²) in [5.41, 5.74) is 3.61. The van der Waals surface area contributed by atoms with Gasteiger partial charge in [-0.3, -0.25) is 0 Å². The van der Waals surface area contributed by atoms with E-state index in [1.807, 2.05) is 31.3 Å². The summed E-state index contributed by atoms with van der Waals surface area (Å²) in [6.45, 7) is 5.48. The summed E-state index contributed by atoms with van der Waals surface area (Å²) in [5, 5.41) is 18.8. The minimum absolute atomic E-state index is 0.103. The Morgan fingerprint density at radius 2 is 2.05 bits per heavy atom. The number of aromatic amines is 1. The van der Waals surface area contributed by atoms with Crippen molar-refractivity contribution in [2.75, 3.05) is 5.32 Å². The van der Waals surface area contributed by atoms with Crippen molar-refractivity contribution >= 4 is 45.4 Å². The highest BCUT2D eigenvalue weighted by molar-refractivity contribution is 6.32. The second-order valence-corrected chi connectivity index (χ2v) is 10.5. The van der Waals surface area contributed by atoms with Crippen LogP contribution in [0.1, 0.15) is 45.4 Å². The van der Waals surface area contributed by atoms with Gasteiger partial charge >= 0.3 is 0 Å². The summed E-state index contributed by atoms with van der Waals surface area (Å²) in [4.78, 5) is 17.1. The number of aliphatic hydroxyl groups is 1. The molecule has 11 heteroatoms. The number of oxazole rings is 1. The smallest absolute Gasteiger partial charge is 0.232 e. The van der Waals surface area contributed by atoms with Crippen LogP contribution in [0.5, 0.6) is 5.88 Å². The Hall–Kier alpha value is -3.63. The highest BCUT2D eigenvalue weighted by Crippen LogP contribution is 2.38. The number of aromatic nitrogens is 6. The van der Waals surface area contributed by atoms with Crippen molar-refractivity contribution in [1.82, 2.24) is 29.7 Å². The lowest BCUT2D eigenvalue weighted by Gasteiger charge is -2.17. The van der Waals surface area contributed by atoms with E-state index >= 15 is 0 Å². The van der Waals surface area contributed by atoms with Gasteiger partial charge in [-0.1, -0.05) is 17.7 Å². The van der Waals surface area contributed by atoms with Gasteiger partial charge in [0.25, 0.3) is 0 Å². The Morgan fingerprint density at radius 1 is 1.24 bits per heavy atom. The molecule has 0 spiro atoms. The number of hydrogen-bond donors (Lipinski definition) is 3. The van der Waals surface area contributed by atoms with Crippen molar-refractivity contribution in [2.24, 2.45) is 0 Å². The largest absolute Gasteiger partial charge is 0.474 e. The highest BCUT2D eigenvalue weighted by atomic mass is 35.5. The quantitative estimate of drug-likeness (QED) is 0.246. The van der Waals surface area contributed by atoms with Crippen LogP contribution in [0.3, 0.4) is 0 Å². The molecule has 192 valence electrons. The van der Waals surface area contributed by atoms with Gasteiger partial charge < -0.3 is 24.6 Å². The molecule has 1 fully saturated rings. The van der Waals surface area contributed by atoms with Gasteiger partial charge in [-0.25, -0.2) is 9.67 Å². The number of halogens is 1. The van der Waals surface area contributed by atoms with Crippen LogP contribution in [0.2, 0.25) is 5.15 Å². The second kappa shape index (κ2) is 9.04. The van der Waals surface area contributed by atoms with Crippen LogP contribution in [-0.2, 0) is 6.54 Å². The molecule has 1 aromatic carbocycles. The van der Waals surface area contributed by atoms with E-state index < -0.39 is 5.60 Å². The minimum atomic E-state index is -0.960. The second-order valence-electron chi connectivity index (χ2n) is 10.2. The first-order valence-electron chi connectivity index (χ1n) is 12.4. The zero-order valence-corrected chi connectivity index (χ0v) is 21.6. The fourth-order valence-electron chi connectivity index (χ4n) is 4.79. The maximum absolute atomic E-state index is 10.1. The van der Waals surface area contributed by atoms with Crippen LogP contribution in [0.4, 0.5) is 11.6 Å². The number of nitrogens with zero attached hydrogens (tertiary/aromatic N) is 5. The number of fused-ring (bicyclic) bond motifs is 2. The summed E-state index contributed by atoms with van der Waals surface area (Å²) in [7, 11) is 0. The molecule has 0 amide bonds. The van der Waals surface area contributed by atoms with Crippen LogP contribution < -0.4 is 10.1 Å². The molecule has 37 heavy (non-hydrogen) atoms. The normalized spacial score (nSPS) is 14.7. The molecule has 3 N–H and O–H groups in total. The third kappa shape index (κ3) is 4.74. The zero-order valence-electron chi connectivity index (χ0n) is 20.9. The minimum Gasteiger partial charge on any atom is -0.474 e. The van der Waals surface area contributed by atoms with E-state index in [1.54, 1.807) is 20.0 Å². The first kappa shape index (κ1) is 23.7. The van der Waals surface area contributed by atoms with Crippen molar-refractivity contribution in [3.05, 3.63) is 41.6 Å². The molecule has 10 nitrogen and oxygen atoms in total. The average Bonchev–Trinajstić information content (AvgIpc) is 3.62. The molecular weight excluding hydrogens is 494 g/mol. The van der Waals surface area contributed by atoms with Gasteiger partial charge in [0, 0.05) is 18.7 Å². The molecule has 6 rings (SSSR count). The van der Waals surface area contributed by atoms with E-state index in [4.69, 9.17) is 30.7 Å². The number of benzene rings is 1. The van der Waals surface area contributed by atoms with Crippen LogP contribution in [0.25, 0.3) is 33.3 Å². The van der Waals surface area contributed by atoms with E-state index in [2.05, 4.69) is 20.4 Å². The summed E-state index contributed by atoms with van der Waals surface area (Å²) >= 11 is 6.53. The number of aryl methyl sites for hydroxylation is 1. The number of rotatable bonds is 7. The van der Waals surface area contributed by atoms with Crippen LogP contribution in [0.15, 0.2) is 35.0 Å². The monoisotopic (exact) mass is 521 g/mol. The van der Waals surface area contributed by atoms with Crippen LogP contribution in [-0.4, -0.2) is 46.5 Å². The SMILES string of the molecule is Cc1nc2ccc(-c3c[nH]c4nc(Nc5cnn(CC(C)(C)O)c5Cl)nc(OC5CCCC5)c34)cc2o1. The van der Waals surface area contributed by atoms with E-state index in [0.717, 1.165) is 53.3 Å². The summed E-state index contributed by atoms with van der Waals surface area (Å²) in [6, 6.07) is 5.93. The van der Waals surface area contributed by atoms with Crippen molar-refractivity contribution in [1.29, 1.82) is 0 Å². The lowest BCUT2D eigenvalue weighted by atomic mass is 10.1. The van der Waals surface area contributed by atoms with Gasteiger partial charge in [0.15, 0.2) is 16.6 Å². The Balaban J connectivity index is 1.40. The van der Waals surface area contributed by atoms with Gasteiger partial charge in [0.2, 0.25) is 11.8 Å². The number of ether oxygens (including phenoxy) is 1. The molecule has 5 aromatic rings. The Kier molecular flexibility index (Phi) is 5.80. The zero-order chi connectivity index (χ0) is 25.7. The van der Waals surface area contributed by atoms with Gasteiger partial charge in [-0.15, -0.1) is 0 Å². The summed E-state index contributed by atoms with van der Waals surface area (Å²) < 4.78 is 13.7. The van der Waals surface area contributed by atoms with Gasteiger partial charge in [0.05, 0.1) is 29.4 Å². The molecule has 0 radical (unpaired) electrons. The highest BCUT2D eigenvalue weighted by Gasteiger charge is 2.24. The fraction of sp³-hybridized carbons (Fsp3) is 0.385. The topological polar surface area (TPSA) is 127 Å². The summed E-state index contributed by atoms with van der Waals surface area (Å²) in [5.74, 6) is 1.46. The predicted molar refractivity (Wildman–Crippen MR) is 141 cm³/mol. The number of hydrogen-bond acceptors (Lipinski definition) is 8. The average molecular weight is 522 g/mol. The summed E-state index contributed by atoms with van der Waals surface area (Å²) in [6.07, 6.45) is 7.87. The third-order valence-electron chi connectivity index (χ3n) is 6.44. The number of nitrogens with one attached hydrogen (secondary N) is 2. The first-order chi connectivity index (χ1) is 17.7. The maximum atomic E-state index is 10.1. The molecule has 1 aliphatic carbocycles. The molecule has 0 atom stereocenters. The number of H-pyrrole nitrogens is 1. The Bertz CT molecular complexity index is 1590. The maximum Gasteiger partial charge on any atom is 0.232 e. The van der Waals surface area contributed by atoms with E-state index in [-0.39, 0.29) is 12.6 Å². The molecule has 1 aliphatic rings. The van der Waals surface area contributed by atoms with Crippen LogP contribution in [0, 0.1) is 6.92 Å². The van der Waals surface area contributed by atoms with Gasteiger partial charge in [-0.05, 0) is 57.2 Å². The van der Waals surface area contributed by atoms with E-state index in [1.165, 1.54) is 4.68 Å². The molecule has 0 unspecified atom stereocenters. The van der Waals surface area contributed by atoms with Crippen LogP contribution >= 0.6 is 11.6 Å². The Labute approximate surface area is 218 Å². The van der Waals surface area contributed by atoms with E-state index in [9.17, 15) is 5.11 Å². The first-order valence-corrected chi connectivity index (χ1v) is 12.8. The van der Waals surface area contributed by atoms with Gasteiger partial charge in [-0.2, -0.15) is 15.1 Å². The standard InChI is InChI=1S/C26H28ClN7O3/c1-14-30-18-9-8-15(10-20(18)36-14)17-11-28-23-21(17)24(37-16-6-4-5-7-16)33-25(32-23)31-19-12-29-34(22(19)27)13-26(2,3)35/h8-12,16,35H,4-7,13H2,1-3H3,(H2,28,31,32,33). The Morgan fingerprint density at radius 3 is 2.84 bits per heavy atom. The van der Waals surface area contributed by atoms with Crippen molar-refractivity contribution in [3.63, 3.8) is 0 Å². The molecule has 1 saturated carbocycles. The molecule has 0 aliphatic heterocycles. The van der Waals surface area contributed by atoms with Crippen molar-refractivity contribution in [3.8, 4) is 17.0 Å². The lowest BCUT2D eigenvalue weighted by Crippen LogP contribution is -2.26. The molecule has 4 aromatic heterocycles. The lowest BCUT2D eigenvalue weighted by molar-refractivity contribution is 0.0578. The molecular formula is C26H28ClN7O3. The number of anilines is 2. The van der Waals surface area contributed by atoms with E-state index in [0.29, 0.717) is 34.2 Å². The van der Waals surface area contributed by atoms with Crippen molar-refractivity contribution in [2.45, 2.75) is 64.7 Å².